The van der Waals surface area contributed by atoms with Gasteiger partial charge in [-0.05, 0) is 54.3 Å². The van der Waals surface area contributed by atoms with Gasteiger partial charge in [0.05, 0.1) is 33.8 Å². The van der Waals surface area contributed by atoms with Gasteiger partial charge in [-0.1, -0.05) is 54.6 Å². The molecule has 5 aromatic rings. The first-order chi connectivity index (χ1) is 14.7. The molecule has 0 atom stereocenters. The van der Waals surface area contributed by atoms with E-state index in [4.69, 9.17) is 24.4 Å². The van der Waals surface area contributed by atoms with Crippen LogP contribution in [0.2, 0.25) is 0 Å². The molecule has 2 heterocycles. The van der Waals surface area contributed by atoms with E-state index >= 15 is 0 Å². The van der Waals surface area contributed by atoms with Crippen LogP contribution in [-0.2, 0) is 19.9 Å². The Labute approximate surface area is 193 Å². The van der Waals surface area contributed by atoms with E-state index < -0.39 is 0 Å². The Morgan fingerprint density at radius 2 is 1.10 bits per heavy atom. The third-order valence-electron chi connectivity index (χ3n) is 5.08. The van der Waals surface area contributed by atoms with Crippen LogP contribution in [0.25, 0.3) is 20.4 Å². The highest BCUT2D eigenvalue weighted by atomic mass is 32.2. The van der Waals surface area contributed by atoms with Gasteiger partial charge in [0.25, 0.3) is 0 Å². The van der Waals surface area contributed by atoms with E-state index in [1.54, 1.807) is 22.7 Å². The van der Waals surface area contributed by atoms with Gasteiger partial charge < -0.3 is 9.13 Å². The molecular formula is C23H19N3S4. The summed E-state index contributed by atoms with van der Waals surface area (Å²) in [5.74, 6) is 0. The molecule has 5 rings (SSSR count). The van der Waals surface area contributed by atoms with Crippen molar-refractivity contribution in [1.82, 2.24) is 14.0 Å². The maximum absolute atomic E-state index is 5.72. The predicted molar refractivity (Wildman–Crippen MR) is 133 cm³/mol. The van der Waals surface area contributed by atoms with Gasteiger partial charge in [0.1, 0.15) is 0 Å². The van der Waals surface area contributed by atoms with Crippen LogP contribution in [0.4, 0.5) is 0 Å². The molecule has 0 fully saturated rings. The van der Waals surface area contributed by atoms with Crippen LogP contribution in [0.3, 0.4) is 0 Å². The smallest absolute Gasteiger partial charge is 0.163 e. The summed E-state index contributed by atoms with van der Waals surface area (Å²) in [4.78, 5) is 2.40. The minimum Gasteiger partial charge on any atom is -0.309 e. The van der Waals surface area contributed by atoms with Crippen molar-refractivity contribution in [3.63, 3.8) is 0 Å². The van der Waals surface area contributed by atoms with Crippen molar-refractivity contribution in [2.75, 3.05) is 0 Å². The molecule has 150 valence electrons. The summed E-state index contributed by atoms with van der Waals surface area (Å²) in [7, 11) is 0. The summed E-state index contributed by atoms with van der Waals surface area (Å²) in [6.45, 7) is 2.24. The average Bonchev–Trinajstić information content (AvgIpc) is 3.25. The molecule has 0 saturated heterocycles. The van der Waals surface area contributed by atoms with Crippen molar-refractivity contribution in [3.8, 4) is 0 Å². The van der Waals surface area contributed by atoms with Crippen molar-refractivity contribution in [3.05, 3.63) is 92.3 Å². The molecule has 30 heavy (non-hydrogen) atoms. The van der Waals surface area contributed by atoms with Gasteiger partial charge in [0.2, 0.25) is 0 Å². The molecule has 7 heteroatoms. The van der Waals surface area contributed by atoms with E-state index in [-0.39, 0.29) is 0 Å². The highest BCUT2D eigenvalue weighted by Crippen LogP contribution is 2.26. The molecule has 0 N–H and O–H groups in total. The van der Waals surface area contributed by atoms with E-state index in [2.05, 4.69) is 92.9 Å². The number of fused-ring (bicyclic) bond motifs is 2. The fraction of sp³-hybridized carbons (Fsp3) is 0.130. The van der Waals surface area contributed by atoms with E-state index in [1.165, 1.54) is 26.0 Å². The third-order valence-corrected chi connectivity index (χ3v) is 7.94. The van der Waals surface area contributed by atoms with Gasteiger partial charge in [0, 0.05) is 6.54 Å². The number of nitrogens with zero attached hydrogens (tertiary/aromatic N) is 3. The van der Waals surface area contributed by atoms with E-state index in [1.807, 2.05) is 0 Å². The molecule has 0 aliphatic rings. The first-order valence-corrected chi connectivity index (χ1v) is 12.1. The Kier molecular flexibility index (Phi) is 5.62. The number of aromatic nitrogens is 2. The van der Waals surface area contributed by atoms with Crippen LogP contribution >= 0.6 is 47.1 Å². The number of rotatable bonds is 6. The lowest BCUT2D eigenvalue weighted by atomic mass is 10.2. The van der Waals surface area contributed by atoms with Gasteiger partial charge in [-0.25, -0.2) is 0 Å². The Balaban J connectivity index is 1.55. The van der Waals surface area contributed by atoms with Crippen molar-refractivity contribution < 1.29 is 0 Å². The first-order valence-electron chi connectivity index (χ1n) is 9.62. The summed E-state index contributed by atoms with van der Waals surface area (Å²) >= 11 is 14.8. The normalized spacial score (nSPS) is 11.6. The molecule has 3 nitrogen and oxygen atoms in total. The Morgan fingerprint density at radius 3 is 1.63 bits per heavy atom. The summed E-state index contributed by atoms with van der Waals surface area (Å²) < 4.78 is 8.70. The number of thiazole rings is 2. The van der Waals surface area contributed by atoms with Crippen molar-refractivity contribution >= 4 is 67.5 Å². The zero-order valence-corrected chi connectivity index (χ0v) is 19.4. The molecule has 0 radical (unpaired) electrons. The standard InChI is InChI=1S/C23H19N3S4/c27-22-25(18-10-4-6-12-20(18)29-22)15-24(14-17-8-2-1-3-9-17)16-26-19-11-5-7-13-21(19)30-23(26)28/h1-13H,14-16H2. The Hall–Kier alpha value is -2.16. The minimum absolute atomic E-state index is 0.712. The molecule has 0 aliphatic carbocycles. The average molecular weight is 466 g/mol. The summed E-state index contributed by atoms with van der Waals surface area (Å²) in [5, 5.41) is 0. The first kappa shape index (κ1) is 19.8. The summed E-state index contributed by atoms with van der Waals surface area (Å²) in [5.41, 5.74) is 3.64. The second-order valence-corrected chi connectivity index (χ2v) is 10.5. The van der Waals surface area contributed by atoms with E-state index in [0.29, 0.717) is 13.3 Å². The third kappa shape index (κ3) is 3.91. The van der Waals surface area contributed by atoms with Crippen LogP contribution in [0.15, 0.2) is 78.9 Å². The Morgan fingerprint density at radius 1 is 0.633 bits per heavy atom. The van der Waals surface area contributed by atoms with Gasteiger partial charge in [0.15, 0.2) is 7.91 Å². The quantitative estimate of drug-likeness (QED) is 0.244. The number of benzene rings is 3. The zero-order valence-electron chi connectivity index (χ0n) is 16.1. The van der Waals surface area contributed by atoms with Crippen molar-refractivity contribution in [1.29, 1.82) is 0 Å². The monoisotopic (exact) mass is 465 g/mol. The summed E-state index contributed by atoms with van der Waals surface area (Å²) in [6, 6.07) is 27.4. The largest absolute Gasteiger partial charge is 0.309 e. The van der Waals surface area contributed by atoms with Gasteiger partial charge in [-0.15, -0.1) is 22.7 Å². The van der Waals surface area contributed by atoms with Gasteiger partial charge in [-0.2, -0.15) is 0 Å². The topological polar surface area (TPSA) is 13.1 Å². The molecule has 0 aliphatic heterocycles. The van der Waals surface area contributed by atoms with Crippen LogP contribution in [0.5, 0.6) is 0 Å². The lowest BCUT2D eigenvalue weighted by Gasteiger charge is -2.24. The molecule has 0 bridgehead atoms. The second kappa shape index (κ2) is 8.53. The number of para-hydroxylation sites is 2. The second-order valence-electron chi connectivity index (χ2n) is 7.12. The molecule has 2 aromatic heterocycles. The van der Waals surface area contributed by atoms with E-state index in [0.717, 1.165) is 14.5 Å². The SMILES string of the molecule is S=c1sc2ccccc2n1CN(Cc1ccccc1)Cn1c(=S)sc2ccccc21. The lowest BCUT2D eigenvalue weighted by Crippen LogP contribution is -2.28. The number of hydrogen-bond acceptors (Lipinski definition) is 5. The lowest BCUT2D eigenvalue weighted by molar-refractivity contribution is 0.166. The molecule has 0 amide bonds. The van der Waals surface area contributed by atoms with Crippen LogP contribution in [0.1, 0.15) is 5.56 Å². The molecule has 0 unspecified atom stereocenters. The zero-order chi connectivity index (χ0) is 20.5. The fourth-order valence-corrected chi connectivity index (χ4v) is 6.30. The maximum atomic E-state index is 5.72. The summed E-state index contributed by atoms with van der Waals surface area (Å²) in [6.07, 6.45) is 0. The van der Waals surface area contributed by atoms with Crippen LogP contribution < -0.4 is 0 Å². The molecule has 0 saturated carbocycles. The van der Waals surface area contributed by atoms with Crippen LogP contribution in [-0.4, -0.2) is 14.0 Å². The Bertz CT molecular complexity index is 1340. The number of hydrogen-bond donors (Lipinski definition) is 0. The van der Waals surface area contributed by atoms with E-state index in [9.17, 15) is 0 Å². The highest BCUT2D eigenvalue weighted by molar-refractivity contribution is 7.74. The minimum atomic E-state index is 0.712. The van der Waals surface area contributed by atoms with Gasteiger partial charge >= 0.3 is 0 Å². The predicted octanol–water partition coefficient (Wildman–Crippen LogP) is 7.30. The van der Waals surface area contributed by atoms with Crippen molar-refractivity contribution in [2.45, 2.75) is 19.9 Å². The fourth-order valence-electron chi connectivity index (χ4n) is 3.68. The van der Waals surface area contributed by atoms with Gasteiger partial charge in [-0.3, -0.25) is 4.90 Å². The molecule has 0 spiro atoms. The highest BCUT2D eigenvalue weighted by Gasteiger charge is 2.14. The maximum Gasteiger partial charge on any atom is 0.163 e. The van der Waals surface area contributed by atoms with Crippen molar-refractivity contribution in [2.24, 2.45) is 0 Å². The molecular weight excluding hydrogens is 447 g/mol. The molecule has 3 aromatic carbocycles. The van der Waals surface area contributed by atoms with Crippen LogP contribution in [0, 0.1) is 7.91 Å².